The molecule has 2 aromatic heterocycles. The molecule has 3 rings (SSSR count). The Morgan fingerprint density at radius 2 is 2.23 bits per heavy atom. The molecule has 0 spiro atoms. The summed E-state index contributed by atoms with van der Waals surface area (Å²) in [5, 5.41) is 12.7. The van der Waals surface area contributed by atoms with Gasteiger partial charge in [0.1, 0.15) is 17.0 Å². The molecule has 7 heteroatoms. The molecular weight excluding hydrogens is 284 g/mol. The standard InChI is InChI=1S/C15H18N4O3/c1-16-9-5-6-19(7-9)12-4-3-10-13(20)11(15(21)22)8-18(2)14(10)17-12/h3-4,8-9,16H,5-7H2,1-2H3,(H,21,22). The number of rotatable bonds is 3. The van der Waals surface area contributed by atoms with Crippen molar-refractivity contribution in [3.63, 3.8) is 0 Å². The van der Waals surface area contributed by atoms with Gasteiger partial charge in [-0.25, -0.2) is 9.78 Å². The second kappa shape index (κ2) is 5.42. The highest BCUT2D eigenvalue weighted by Crippen LogP contribution is 2.20. The summed E-state index contributed by atoms with van der Waals surface area (Å²) in [7, 11) is 3.64. The molecule has 3 heterocycles. The van der Waals surface area contributed by atoms with E-state index in [1.54, 1.807) is 23.7 Å². The van der Waals surface area contributed by atoms with Gasteiger partial charge in [0.15, 0.2) is 0 Å². The molecule has 0 bridgehead atoms. The molecule has 1 atom stereocenters. The minimum absolute atomic E-state index is 0.235. The predicted octanol–water partition coefficient (Wildman–Crippen LogP) is 0.430. The number of carbonyl (C=O) groups is 1. The third kappa shape index (κ3) is 2.33. The average Bonchev–Trinajstić information content (AvgIpc) is 2.99. The fourth-order valence-corrected chi connectivity index (χ4v) is 2.88. The summed E-state index contributed by atoms with van der Waals surface area (Å²) in [4.78, 5) is 30.0. The van der Waals surface area contributed by atoms with Crippen LogP contribution < -0.4 is 15.6 Å². The fourth-order valence-electron chi connectivity index (χ4n) is 2.88. The van der Waals surface area contributed by atoms with Crippen molar-refractivity contribution >= 4 is 22.8 Å². The first-order valence-corrected chi connectivity index (χ1v) is 7.17. The first kappa shape index (κ1) is 14.5. The summed E-state index contributed by atoms with van der Waals surface area (Å²) in [5.74, 6) is -0.411. The normalized spacial score (nSPS) is 18.1. The number of likely N-dealkylation sites (N-methyl/N-ethyl adjacent to an activating group) is 1. The van der Waals surface area contributed by atoms with Crippen molar-refractivity contribution in [2.45, 2.75) is 12.5 Å². The quantitative estimate of drug-likeness (QED) is 0.855. The summed E-state index contributed by atoms with van der Waals surface area (Å²) in [6.07, 6.45) is 2.37. The van der Waals surface area contributed by atoms with Crippen LogP contribution in [-0.4, -0.2) is 46.8 Å². The number of pyridine rings is 2. The molecule has 2 N–H and O–H groups in total. The van der Waals surface area contributed by atoms with Gasteiger partial charge in [0, 0.05) is 32.4 Å². The Hall–Kier alpha value is -2.41. The van der Waals surface area contributed by atoms with E-state index in [2.05, 4.69) is 15.2 Å². The number of aryl methyl sites for hydroxylation is 1. The van der Waals surface area contributed by atoms with E-state index in [4.69, 9.17) is 5.11 Å². The number of aromatic nitrogens is 2. The van der Waals surface area contributed by atoms with Gasteiger partial charge in [0.2, 0.25) is 5.43 Å². The van der Waals surface area contributed by atoms with Gasteiger partial charge < -0.3 is 19.9 Å². The molecule has 1 saturated heterocycles. The van der Waals surface area contributed by atoms with Gasteiger partial charge in [-0.05, 0) is 25.6 Å². The largest absolute Gasteiger partial charge is 0.477 e. The lowest BCUT2D eigenvalue weighted by molar-refractivity contribution is 0.0695. The number of hydrogen-bond donors (Lipinski definition) is 2. The van der Waals surface area contributed by atoms with Crippen LogP contribution in [0, 0.1) is 0 Å². The highest BCUT2D eigenvalue weighted by atomic mass is 16.4. The van der Waals surface area contributed by atoms with Crippen molar-refractivity contribution in [3.8, 4) is 0 Å². The van der Waals surface area contributed by atoms with Crippen molar-refractivity contribution in [1.82, 2.24) is 14.9 Å². The monoisotopic (exact) mass is 302 g/mol. The zero-order valence-corrected chi connectivity index (χ0v) is 12.5. The number of fused-ring (bicyclic) bond motifs is 1. The molecule has 0 amide bonds. The summed E-state index contributed by atoms with van der Waals surface area (Å²) in [5.41, 5.74) is -0.226. The van der Waals surface area contributed by atoms with Gasteiger partial charge in [0.25, 0.3) is 0 Å². The molecule has 22 heavy (non-hydrogen) atoms. The first-order valence-electron chi connectivity index (χ1n) is 7.17. The van der Waals surface area contributed by atoms with E-state index in [0.29, 0.717) is 17.1 Å². The first-order chi connectivity index (χ1) is 10.5. The third-order valence-electron chi connectivity index (χ3n) is 4.16. The molecular formula is C15H18N4O3. The number of aromatic carboxylic acids is 1. The van der Waals surface area contributed by atoms with Crippen LogP contribution >= 0.6 is 0 Å². The Morgan fingerprint density at radius 1 is 1.45 bits per heavy atom. The van der Waals surface area contributed by atoms with Crippen LogP contribution in [0.25, 0.3) is 11.0 Å². The van der Waals surface area contributed by atoms with Gasteiger partial charge >= 0.3 is 5.97 Å². The smallest absolute Gasteiger partial charge is 0.341 e. The van der Waals surface area contributed by atoms with Gasteiger partial charge in [-0.3, -0.25) is 4.79 Å². The maximum Gasteiger partial charge on any atom is 0.341 e. The van der Waals surface area contributed by atoms with Crippen molar-refractivity contribution in [3.05, 3.63) is 34.1 Å². The van der Waals surface area contributed by atoms with Crippen LogP contribution in [0.4, 0.5) is 5.82 Å². The van der Waals surface area contributed by atoms with E-state index in [9.17, 15) is 9.59 Å². The van der Waals surface area contributed by atoms with Crippen molar-refractivity contribution in [1.29, 1.82) is 0 Å². The zero-order chi connectivity index (χ0) is 15.9. The van der Waals surface area contributed by atoms with Gasteiger partial charge in [-0.15, -0.1) is 0 Å². The lowest BCUT2D eigenvalue weighted by Crippen LogP contribution is -2.30. The molecule has 0 aliphatic carbocycles. The zero-order valence-electron chi connectivity index (χ0n) is 12.5. The SMILES string of the molecule is CNC1CCN(c2ccc3c(=O)c(C(=O)O)cn(C)c3n2)C1. The average molecular weight is 302 g/mol. The van der Waals surface area contributed by atoms with E-state index in [0.717, 1.165) is 25.3 Å². The number of carboxylic acids is 1. The van der Waals surface area contributed by atoms with E-state index in [1.165, 1.54) is 6.20 Å². The Labute approximate surface area is 127 Å². The van der Waals surface area contributed by atoms with Gasteiger partial charge in [-0.1, -0.05) is 0 Å². The lowest BCUT2D eigenvalue weighted by Gasteiger charge is -2.18. The predicted molar refractivity (Wildman–Crippen MR) is 83.6 cm³/mol. The van der Waals surface area contributed by atoms with Crippen LogP contribution in [0.5, 0.6) is 0 Å². The second-order valence-corrected chi connectivity index (χ2v) is 5.55. The van der Waals surface area contributed by atoms with E-state index >= 15 is 0 Å². The third-order valence-corrected chi connectivity index (χ3v) is 4.16. The number of nitrogens with one attached hydrogen (secondary N) is 1. The summed E-state index contributed by atoms with van der Waals surface area (Å²) >= 11 is 0. The molecule has 1 aliphatic rings. The van der Waals surface area contributed by atoms with E-state index in [1.807, 2.05) is 7.05 Å². The fraction of sp³-hybridized carbons (Fsp3) is 0.400. The van der Waals surface area contributed by atoms with Crippen LogP contribution in [0.1, 0.15) is 16.8 Å². The maximum absolute atomic E-state index is 12.2. The Bertz CT molecular complexity index is 799. The van der Waals surface area contributed by atoms with Crippen molar-refractivity contribution < 1.29 is 9.90 Å². The molecule has 0 saturated carbocycles. The van der Waals surface area contributed by atoms with Gasteiger partial charge in [0.05, 0.1) is 5.39 Å². The molecule has 1 fully saturated rings. The van der Waals surface area contributed by atoms with Crippen LogP contribution in [0.2, 0.25) is 0 Å². The number of hydrogen-bond acceptors (Lipinski definition) is 5. The highest BCUT2D eigenvalue weighted by Gasteiger charge is 2.23. The lowest BCUT2D eigenvalue weighted by atomic mass is 10.2. The van der Waals surface area contributed by atoms with E-state index < -0.39 is 11.4 Å². The minimum Gasteiger partial charge on any atom is -0.477 e. The van der Waals surface area contributed by atoms with Crippen molar-refractivity contribution in [2.75, 3.05) is 25.0 Å². The Balaban J connectivity index is 2.08. The molecule has 0 radical (unpaired) electrons. The van der Waals surface area contributed by atoms with E-state index in [-0.39, 0.29) is 5.56 Å². The van der Waals surface area contributed by atoms with Crippen LogP contribution in [0.3, 0.4) is 0 Å². The number of carboxylic acid groups (broad SMARTS) is 1. The Kier molecular flexibility index (Phi) is 3.58. The summed E-state index contributed by atoms with van der Waals surface area (Å²) in [6, 6.07) is 3.89. The minimum atomic E-state index is -1.22. The van der Waals surface area contributed by atoms with Gasteiger partial charge in [-0.2, -0.15) is 0 Å². The molecule has 2 aromatic rings. The summed E-state index contributed by atoms with van der Waals surface area (Å²) < 4.78 is 1.59. The van der Waals surface area contributed by atoms with Crippen LogP contribution in [-0.2, 0) is 7.05 Å². The number of nitrogens with zero attached hydrogens (tertiary/aromatic N) is 3. The number of anilines is 1. The van der Waals surface area contributed by atoms with Crippen LogP contribution in [0.15, 0.2) is 23.1 Å². The molecule has 1 aliphatic heterocycles. The topological polar surface area (TPSA) is 87.5 Å². The molecule has 116 valence electrons. The maximum atomic E-state index is 12.2. The summed E-state index contributed by atoms with van der Waals surface area (Å²) in [6.45, 7) is 1.78. The second-order valence-electron chi connectivity index (χ2n) is 5.55. The highest BCUT2D eigenvalue weighted by molar-refractivity contribution is 5.92. The molecule has 0 aromatic carbocycles. The Morgan fingerprint density at radius 3 is 2.86 bits per heavy atom. The molecule has 7 nitrogen and oxygen atoms in total. The van der Waals surface area contributed by atoms with Crippen molar-refractivity contribution in [2.24, 2.45) is 7.05 Å². The molecule has 1 unspecified atom stereocenters.